The molecule has 7 heteroatoms. The van der Waals surface area contributed by atoms with Gasteiger partial charge in [-0.15, -0.1) is 0 Å². The molecule has 2 atom stereocenters. The molecule has 1 aromatic rings. The Kier molecular flexibility index (Phi) is 4.87. The molecule has 3 fully saturated rings. The van der Waals surface area contributed by atoms with Crippen molar-refractivity contribution in [2.24, 2.45) is 27.8 Å². The zero-order valence-electron chi connectivity index (χ0n) is 17.5. The number of para-hydroxylation sites is 2. The predicted octanol–water partition coefficient (Wildman–Crippen LogP) is 4.13. The van der Waals surface area contributed by atoms with Crippen LogP contribution in [-0.2, 0) is 4.79 Å². The summed E-state index contributed by atoms with van der Waals surface area (Å²) in [7, 11) is 0. The Morgan fingerprint density at radius 1 is 1.21 bits per heavy atom. The smallest absolute Gasteiger partial charge is 0.292 e. The molecule has 1 amide bonds. The Balaban J connectivity index is 1.37. The summed E-state index contributed by atoms with van der Waals surface area (Å²) in [5.74, 6) is 0.537. The molecule has 2 bridgehead atoms. The molecule has 4 rings (SSSR count). The summed E-state index contributed by atoms with van der Waals surface area (Å²) in [5.41, 5.74) is 5.07. The van der Waals surface area contributed by atoms with E-state index in [9.17, 15) is 14.9 Å². The van der Waals surface area contributed by atoms with Gasteiger partial charge in [0.15, 0.2) is 0 Å². The number of nitrogens with one attached hydrogen (secondary N) is 1. The third-order valence-electron chi connectivity index (χ3n) is 8.10. The molecular weight excluding hydrogens is 368 g/mol. The van der Waals surface area contributed by atoms with Gasteiger partial charge in [0.25, 0.3) is 5.69 Å². The minimum absolute atomic E-state index is 0.0242. The molecule has 1 saturated heterocycles. The van der Waals surface area contributed by atoms with Crippen molar-refractivity contribution in [1.82, 2.24) is 5.43 Å². The van der Waals surface area contributed by atoms with Gasteiger partial charge in [0.1, 0.15) is 5.69 Å². The first-order valence-electron chi connectivity index (χ1n) is 10.6. The molecule has 3 aliphatic rings. The maximum Gasteiger partial charge on any atom is 0.292 e. The number of anilines is 1. The van der Waals surface area contributed by atoms with Crippen molar-refractivity contribution in [3.8, 4) is 0 Å². The van der Waals surface area contributed by atoms with Crippen LogP contribution in [0.1, 0.15) is 52.9 Å². The SMILES string of the molecule is CC1(C)[C@H]2CC[C@]1(C)/C(=N/NC(=O)C1CCN(c3ccccc3[N+](=O)[O-])CC1)C2. The summed E-state index contributed by atoms with van der Waals surface area (Å²) in [6.45, 7) is 8.20. The number of rotatable bonds is 4. The highest BCUT2D eigenvalue weighted by Crippen LogP contribution is 2.63. The van der Waals surface area contributed by atoms with Crippen LogP contribution in [0.5, 0.6) is 0 Å². The van der Waals surface area contributed by atoms with E-state index in [1.807, 2.05) is 11.0 Å². The van der Waals surface area contributed by atoms with Gasteiger partial charge in [0, 0.05) is 36.2 Å². The molecule has 1 N–H and O–H groups in total. The van der Waals surface area contributed by atoms with E-state index in [2.05, 4.69) is 31.3 Å². The van der Waals surface area contributed by atoms with Gasteiger partial charge >= 0.3 is 0 Å². The number of hydrazone groups is 1. The third kappa shape index (κ3) is 3.20. The normalized spacial score (nSPS) is 30.0. The van der Waals surface area contributed by atoms with Crippen LogP contribution in [0.3, 0.4) is 0 Å². The van der Waals surface area contributed by atoms with E-state index in [1.54, 1.807) is 12.1 Å². The number of piperidine rings is 1. The predicted molar refractivity (Wildman–Crippen MR) is 113 cm³/mol. The topological polar surface area (TPSA) is 87.8 Å². The fourth-order valence-electron chi connectivity index (χ4n) is 5.58. The lowest BCUT2D eigenvalue weighted by atomic mass is 9.70. The second kappa shape index (κ2) is 7.11. The Labute approximate surface area is 171 Å². The molecule has 2 saturated carbocycles. The number of nitrogens with zero attached hydrogens (tertiary/aromatic N) is 3. The van der Waals surface area contributed by atoms with E-state index >= 15 is 0 Å². The summed E-state index contributed by atoms with van der Waals surface area (Å²) in [5, 5.41) is 15.9. The maximum atomic E-state index is 12.7. The zero-order valence-corrected chi connectivity index (χ0v) is 17.5. The van der Waals surface area contributed by atoms with E-state index in [1.165, 1.54) is 12.5 Å². The molecule has 156 valence electrons. The molecule has 1 heterocycles. The number of amides is 1. The summed E-state index contributed by atoms with van der Waals surface area (Å²) in [6, 6.07) is 6.80. The second-order valence-corrected chi connectivity index (χ2v) is 9.54. The van der Waals surface area contributed by atoms with Crippen molar-refractivity contribution in [2.75, 3.05) is 18.0 Å². The van der Waals surface area contributed by atoms with E-state index in [0.29, 0.717) is 37.5 Å². The van der Waals surface area contributed by atoms with Gasteiger partial charge in [-0.2, -0.15) is 5.10 Å². The molecule has 0 aromatic heterocycles. The number of carbonyl (C=O) groups excluding carboxylic acids is 1. The summed E-state index contributed by atoms with van der Waals surface area (Å²) in [4.78, 5) is 25.6. The lowest BCUT2D eigenvalue weighted by molar-refractivity contribution is -0.384. The first-order valence-corrected chi connectivity index (χ1v) is 10.6. The van der Waals surface area contributed by atoms with Crippen LogP contribution < -0.4 is 10.3 Å². The van der Waals surface area contributed by atoms with Crippen LogP contribution in [-0.4, -0.2) is 29.6 Å². The van der Waals surface area contributed by atoms with Crippen molar-refractivity contribution in [1.29, 1.82) is 0 Å². The summed E-state index contributed by atoms with van der Waals surface area (Å²) < 4.78 is 0. The van der Waals surface area contributed by atoms with E-state index < -0.39 is 0 Å². The Morgan fingerprint density at radius 2 is 1.90 bits per heavy atom. The first-order chi connectivity index (χ1) is 13.7. The fraction of sp³-hybridized carbons (Fsp3) is 0.636. The Morgan fingerprint density at radius 3 is 2.48 bits per heavy atom. The lowest BCUT2D eigenvalue weighted by Gasteiger charge is -2.34. The van der Waals surface area contributed by atoms with Crippen LogP contribution in [0.4, 0.5) is 11.4 Å². The van der Waals surface area contributed by atoms with Crippen molar-refractivity contribution >= 4 is 23.0 Å². The van der Waals surface area contributed by atoms with Gasteiger partial charge in [-0.05, 0) is 49.5 Å². The van der Waals surface area contributed by atoms with Crippen molar-refractivity contribution < 1.29 is 9.72 Å². The minimum Gasteiger partial charge on any atom is -0.366 e. The van der Waals surface area contributed by atoms with Gasteiger partial charge in [-0.25, -0.2) is 5.43 Å². The molecular formula is C22H30N4O3. The van der Waals surface area contributed by atoms with Crippen LogP contribution in [0, 0.1) is 32.8 Å². The van der Waals surface area contributed by atoms with Crippen LogP contribution in [0.2, 0.25) is 0 Å². The molecule has 1 aliphatic heterocycles. The number of hydrogen-bond acceptors (Lipinski definition) is 5. The first kappa shape index (κ1) is 19.9. The molecule has 0 radical (unpaired) electrons. The van der Waals surface area contributed by atoms with E-state index in [4.69, 9.17) is 0 Å². The van der Waals surface area contributed by atoms with Gasteiger partial charge in [-0.3, -0.25) is 14.9 Å². The molecule has 7 nitrogen and oxygen atoms in total. The molecule has 0 unspecified atom stereocenters. The monoisotopic (exact) mass is 398 g/mol. The average Bonchev–Trinajstić information content (AvgIpc) is 3.05. The highest BCUT2D eigenvalue weighted by atomic mass is 16.6. The number of nitro benzene ring substituents is 1. The highest BCUT2D eigenvalue weighted by Gasteiger charge is 2.60. The quantitative estimate of drug-likeness (QED) is 0.610. The van der Waals surface area contributed by atoms with E-state index in [0.717, 1.165) is 18.6 Å². The molecule has 0 spiro atoms. The van der Waals surface area contributed by atoms with Gasteiger partial charge in [0.05, 0.1) is 4.92 Å². The maximum absolute atomic E-state index is 12.7. The number of fused-ring (bicyclic) bond motifs is 2. The highest BCUT2D eigenvalue weighted by molar-refractivity contribution is 5.95. The lowest BCUT2D eigenvalue weighted by Crippen LogP contribution is -2.40. The van der Waals surface area contributed by atoms with Gasteiger partial charge in [-0.1, -0.05) is 32.9 Å². The second-order valence-electron chi connectivity index (χ2n) is 9.54. The third-order valence-corrected chi connectivity index (χ3v) is 8.10. The van der Waals surface area contributed by atoms with Crippen molar-refractivity contribution in [3.63, 3.8) is 0 Å². The number of carbonyl (C=O) groups is 1. The molecule has 1 aromatic carbocycles. The number of benzene rings is 1. The zero-order chi connectivity index (χ0) is 20.8. The molecule has 29 heavy (non-hydrogen) atoms. The van der Waals surface area contributed by atoms with Crippen LogP contribution >= 0.6 is 0 Å². The van der Waals surface area contributed by atoms with Crippen molar-refractivity contribution in [3.05, 3.63) is 34.4 Å². The van der Waals surface area contributed by atoms with Gasteiger partial charge < -0.3 is 4.90 Å². The summed E-state index contributed by atoms with van der Waals surface area (Å²) in [6.07, 6.45) is 4.73. The summed E-state index contributed by atoms with van der Waals surface area (Å²) >= 11 is 0. The number of hydrogen-bond donors (Lipinski definition) is 1. The van der Waals surface area contributed by atoms with Crippen LogP contribution in [0.15, 0.2) is 29.4 Å². The fourth-order valence-corrected chi connectivity index (χ4v) is 5.58. The van der Waals surface area contributed by atoms with Crippen LogP contribution in [0.25, 0.3) is 0 Å². The Hall–Kier alpha value is -2.44. The van der Waals surface area contributed by atoms with Gasteiger partial charge in [0.2, 0.25) is 5.91 Å². The Bertz CT molecular complexity index is 857. The largest absolute Gasteiger partial charge is 0.366 e. The average molecular weight is 399 g/mol. The standard InChI is InChI=1S/C22H30N4O3/c1-21(2)16-8-11-22(21,3)19(14-16)23-24-20(27)15-9-12-25(13-10-15)17-6-4-5-7-18(17)26(28)29/h4-7,15-16H,8-14H2,1-3H3,(H,24,27)/b23-19+/t16-,22+/m0/s1. The number of nitro groups is 1. The van der Waals surface area contributed by atoms with Crippen molar-refractivity contribution in [2.45, 2.75) is 52.9 Å². The minimum atomic E-state index is -0.346. The molecule has 2 aliphatic carbocycles. The van der Waals surface area contributed by atoms with E-state index in [-0.39, 0.29) is 33.3 Å².